The van der Waals surface area contributed by atoms with E-state index in [1.807, 2.05) is 6.07 Å². The van der Waals surface area contributed by atoms with Crippen LogP contribution in [0.25, 0.3) is 11.3 Å². The van der Waals surface area contributed by atoms with Crippen LogP contribution in [0.15, 0.2) is 47.8 Å². The standard InChI is InChI=1S/C20H16FN5O2S/c1-12(27)24-15-6-7-16(17(21)8-15)18-11-29-20(25-18)26-19(28)10-23-14-4-2-13(9-22)3-5-14/h2-8,11,23H,10H2,1H3,(H,24,27)(H,25,26,28). The molecule has 0 aliphatic carbocycles. The van der Waals surface area contributed by atoms with Gasteiger partial charge in [0.25, 0.3) is 0 Å². The molecular formula is C20H16FN5O2S. The zero-order valence-corrected chi connectivity index (χ0v) is 16.1. The van der Waals surface area contributed by atoms with Gasteiger partial charge in [-0.05, 0) is 42.5 Å². The van der Waals surface area contributed by atoms with Crippen molar-refractivity contribution in [3.05, 3.63) is 59.2 Å². The first-order valence-corrected chi connectivity index (χ1v) is 9.39. The van der Waals surface area contributed by atoms with Crippen LogP contribution in [0.3, 0.4) is 0 Å². The highest BCUT2D eigenvalue weighted by Crippen LogP contribution is 2.28. The lowest BCUT2D eigenvalue weighted by atomic mass is 10.1. The molecule has 0 fully saturated rings. The number of nitrogens with zero attached hydrogens (tertiary/aromatic N) is 2. The number of nitriles is 1. The van der Waals surface area contributed by atoms with Crippen LogP contribution in [0.5, 0.6) is 0 Å². The summed E-state index contributed by atoms with van der Waals surface area (Å²) in [6.45, 7) is 1.36. The summed E-state index contributed by atoms with van der Waals surface area (Å²) in [5, 5.41) is 18.9. The maximum atomic E-state index is 14.3. The monoisotopic (exact) mass is 409 g/mol. The Morgan fingerprint density at radius 1 is 1.14 bits per heavy atom. The number of hydrogen-bond acceptors (Lipinski definition) is 6. The number of hydrogen-bond donors (Lipinski definition) is 3. The summed E-state index contributed by atoms with van der Waals surface area (Å²) in [5.41, 5.74) is 2.26. The zero-order chi connectivity index (χ0) is 20.8. The minimum Gasteiger partial charge on any atom is -0.376 e. The molecule has 2 amide bonds. The van der Waals surface area contributed by atoms with Gasteiger partial charge in [-0.2, -0.15) is 5.26 Å². The predicted octanol–water partition coefficient (Wildman–Crippen LogP) is 3.83. The van der Waals surface area contributed by atoms with Crippen molar-refractivity contribution in [3.63, 3.8) is 0 Å². The molecule has 3 aromatic rings. The first-order valence-electron chi connectivity index (χ1n) is 8.51. The van der Waals surface area contributed by atoms with Gasteiger partial charge in [0.1, 0.15) is 5.82 Å². The normalized spacial score (nSPS) is 10.1. The number of aromatic nitrogens is 1. The molecule has 146 valence electrons. The maximum Gasteiger partial charge on any atom is 0.245 e. The topological polar surface area (TPSA) is 107 Å². The zero-order valence-electron chi connectivity index (χ0n) is 15.3. The fourth-order valence-corrected chi connectivity index (χ4v) is 3.19. The van der Waals surface area contributed by atoms with E-state index in [4.69, 9.17) is 5.26 Å². The smallest absolute Gasteiger partial charge is 0.245 e. The van der Waals surface area contributed by atoms with Crippen LogP contribution in [0.2, 0.25) is 0 Å². The molecule has 0 atom stereocenters. The summed E-state index contributed by atoms with van der Waals surface area (Å²) in [5.74, 6) is -1.12. The molecule has 0 radical (unpaired) electrons. The Balaban J connectivity index is 1.60. The second-order valence-electron chi connectivity index (χ2n) is 6.00. The third-order valence-corrected chi connectivity index (χ3v) is 4.54. The van der Waals surface area contributed by atoms with E-state index in [0.29, 0.717) is 27.8 Å². The molecule has 2 aromatic carbocycles. The molecule has 0 saturated heterocycles. The number of amides is 2. The van der Waals surface area contributed by atoms with Gasteiger partial charge in [0, 0.05) is 29.2 Å². The highest BCUT2D eigenvalue weighted by Gasteiger charge is 2.12. The molecule has 0 unspecified atom stereocenters. The molecule has 0 spiro atoms. The molecule has 29 heavy (non-hydrogen) atoms. The van der Waals surface area contributed by atoms with Gasteiger partial charge >= 0.3 is 0 Å². The third-order valence-electron chi connectivity index (χ3n) is 3.78. The Labute approximate surface area is 170 Å². The van der Waals surface area contributed by atoms with Gasteiger partial charge in [-0.25, -0.2) is 9.37 Å². The Morgan fingerprint density at radius 2 is 1.86 bits per heavy atom. The third kappa shape index (κ3) is 5.37. The molecule has 3 rings (SSSR count). The Morgan fingerprint density at radius 3 is 2.52 bits per heavy atom. The summed E-state index contributed by atoms with van der Waals surface area (Å²) in [4.78, 5) is 27.4. The maximum absolute atomic E-state index is 14.3. The van der Waals surface area contributed by atoms with E-state index in [2.05, 4.69) is 20.9 Å². The first-order chi connectivity index (χ1) is 13.9. The van der Waals surface area contributed by atoms with E-state index in [1.165, 1.54) is 30.4 Å². The molecule has 0 aliphatic rings. The van der Waals surface area contributed by atoms with E-state index in [0.717, 1.165) is 0 Å². The second kappa shape index (κ2) is 8.95. The fourth-order valence-electron chi connectivity index (χ4n) is 2.47. The van der Waals surface area contributed by atoms with Crippen molar-refractivity contribution in [2.75, 3.05) is 22.5 Å². The Hall–Kier alpha value is -3.77. The van der Waals surface area contributed by atoms with E-state index in [9.17, 15) is 14.0 Å². The number of nitrogens with one attached hydrogen (secondary N) is 3. The van der Waals surface area contributed by atoms with Gasteiger partial charge in [-0.3, -0.25) is 9.59 Å². The first kappa shape index (κ1) is 20.0. The van der Waals surface area contributed by atoms with Crippen molar-refractivity contribution >= 4 is 39.7 Å². The van der Waals surface area contributed by atoms with E-state index in [-0.39, 0.29) is 23.9 Å². The number of rotatable bonds is 6. The van der Waals surface area contributed by atoms with Gasteiger partial charge in [0.2, 0.25) is 11.8 Å². The molecule has 9 heteroatoms. The predicted molar refractivity (Wildman–Crippen MR) is 110 cm³/mol. The summed E-state index contributed by atoms with van der Waals surface area (Å²) >= 11 is 1.18. The molecule has 7 nitrogen and oxygen atoms in total. The van der Waals surface area contributed by atoms with Crippen LogP contribution in [-0.4, -0.2) is 23.3 Å². The molecule has 1 heterocycles. The van der Waals surface area contributed by atoms with Crippen LogP contribution in [0.4, 0.5) is 20.9 Å². The van der Waals surface area contributed by atoms with Crippen LogP contribution in [-0.2, 0) is 9.59 Å². The lowest BCUT2D eigenvalue weighted by Crippen LogP contribution is -2.21. The minimum absolute atomic E-state index is 0.0145. The van der Waals surface area contributed by atoms with Crippen LogP contribution in [0, 0.1) is 17.1 Å². The largest absolute Gasteiger partial charge is 0.376 e. The van der Waals surface area contributed by atoms with Gasteiger partial charge in [0.15, 0.2) is 5.13 Å². The van der Waals surface area contributed by atoms with Crippen LogP contribution < -0.4 is 16.0 Å². The summed E-state index contributed by atoms with van der Waals surface area (Å²) in [6.07, 6.45) is 0. The highest BCUT2D eigenvalue weighted by atomic mass is 32.1. The van der Waals surface area contributed by atoms with Crippen molar-refractivity contribution in [3.8, 4) is 17.3 Å². The number of carbonyl (C=O) groups is 2. The van der Waals surface area contributed by atoms with Crippen molar-refractivity contribution < 1.29 is 14.0 Å². The molecule has 0 bridgehead atoms. The minimum atomic E-state index is -0.526. The summed E-state index contributed by atoms with van der Waals surface area (Å²) in [7, 11) is 0. The van der Waals surface area contributed by atoms with Crippen molar-refractivity contribution in [1.29, 1.82) is 5.26 Å². The van der Waals surface area contributed by atoms with Crippen molar-refractivity contribution in [2.24, 2.45) is 0 Å². The fraction of sp³-hybridized carbons (Fsp3) is 0.100. The number of halogens is 1. The molecule has 0 aliphatic heterocycles. The van der Waals surface area contributed by atoms with Crippen molar-refractivity contribution in [2.45, 2.75) is 6.92 Å². The molecule has 3 N–H and O–H groups in total. The number of benzene rings is 2. The van der Waals surface area contributed by atoms with E-state index < -0.39 is 5.82 Å². The van der Waals surface area contributed by atoms with E-state index in [1.54, 1.807) is 35.7 Å². The number of thiazole rings is 1. The lowest BCUT2D eigenvalue weighted by molar-refractivity contribution is -0.115. The lowest BCUT2D eigenvalue weighted by Gasteiger charge is -2.06. The van der Waals surface area contributed by atoms with Gasteiger partial charge in [-0.15, -0.1) is 11.3 Å². The van der Waals surface area contributed by atoms with Crippen molar-refractivity contribution in [1.82, 2.24) is 4.98 Å². The van der Waals surface area contributed by atoms with E-state index >= 15 is 0 Å². The summed E-state index contributed by atoms with van der Waals surface area (Å²) < 4.78 is 14.3. The molecular weight excluding hydrogens is 393 g/mol. The van der Waals surface area contributed by atoms with Gasteiger partial charge in [-0.1, -0.05) is 0 Å². The highest BCUT2D eigenvalue weighted by molar-refractivity contribution is 7.14. The summed E-state index contributed by atoms with van der Waals surface area (Å²) in [6, 6.07) is 13.1. The number of carbonyl (C=O) groups excluding carboxylic acids is 2. The van der Waals surface area contributed by atoms with Crippen LogP contribution >= 0.6 is 11.3 Å². The average Bonchev–Trinajstić information content (AvgIpc) is 3.14. The average molecular weight is 409 g/mol. The second-order valence-corrected chi connectivity index (χ2v) is 6.86. The SMILES string of the molecule is CC(=O)Nc1ccc(-c2csc(NC(=O)CNc3ccc(C#N)cc3)n2)c(F)c1. The van der Waals surface area contributed by atoms with Gasteiger partial charge in [0.05, 0.1) is 23.9 Å². The van der Waals surface area contributed by atoms with Gasteiger partial charge < -0.3 is 16.0 Å². The molecule has 1 aromatic heterocycles. The number of anilines is 3. The Kier molecular flexibility index (Phi) is 6.16. The Bertz CT molecular complexity index is 1090. The quantitative estimate of drug-likeness (QED) is 0.574. The molecule has 0 saturated carbocycles. The van der Waals surface area contributed by atoms with Crippen LogP contribution in [0.1, 0.15) is 12.5 Å².